The lowest BCUT2D eigenvalue weighted by molar-refractivity contribution is -0.120. The Morgan fingerprint density at radius 1 is 1.15 bits per heavy atom. The summed E-state index contributed by atoms with van der Waals surface area (Å²) in [5, 5.41) is 11.4. The maximum Gasteiger partial charge on any atom is 0.371 e. The van der Waals surface area contributed by atoms with Gasteiger partial charge in [0.15, 0.2) is 0 Å². The molecule has 0 radical (unpaired) electrons. The van der Waals surface area contributed by atoms with Crippen LogP contribution in [0.4, 0.5) is 0 Å². The molecule has 0 fully saturated rings. The molecular weight excluding hydrogens is 326 g/mol. The van der Waals surface area contributed by atoms with Crippen LogP contribution in [-0.4, -0.2) is 17.0 Å². The van der Waals surface area contributed by atoms with Crippen LogP contribution in [0.3, 0.4) is 0 Å². The number of nitrogens with one attached hydrogen (secondary N) is 1. The van der Waals surface area contributed by atoms with E-state index >= 15 is 0 Å². The van der Waals surface area contributed by atoms with Gasteiger partial charge in [-0.2, -0.15) is 0 Å². The van der Waals surface area contributed by atoms with Crippen molar-refractivity contribution >= 4 is 27.8 Å². The van der Waals surface area contributed by atoms with E-state index in [1.165, 1.54) is 12.1 Å². The molecule has 6 heteroatoms. The molecule has 2 aromatic rings. The van der Waals surface area contributed by atoms with Crippen LogP contribution in [0.5, 0.6) is 0 Å². The van der Waals surface area contributed by atoms with Crippen LogP contribution in [0.15, 0.2) is 45.3 Å². The fourth-order valence-electron chi connectivity index (χ4n) is 1.62. The quantitative estimate of drug-likeness (QED) is 0.878. The number of amides is 1. The summed E-state index contributed by atoms with van der Waals surface area (Å²) in [5.41, 5.74) is 0.899. The van der Waals surface area contributed by atoms with Crippen LogP contribution in [0, 0.1) is 0 Å². The van der Waals surface area contributed by atoms with E-state index in [9.17, 15) is 9.59 Å². The molecule has 0 aliphatic heterocycles. The van der Waals surface area contributed by atoms with Crippen molar-refractivity contribution in [2.75, 3.05) is 0 Å². The first kappa shape index (κ1) is 14.3. The number of furan rings is 1. The summed E-state index contributed by atoms with van der Waals surface area (Å²) in [6, 6.07) is 10.3. The summed E-state index contributed by atoms with van der Waals surface area (Å²) >= 11 is 3.33. The number of hydrogen-bond donors (Lipinski definition) is 2. The number of benzene rings is 1. The van der Waals surface area contributed by atoms with Crippen LogP contribution in [0.1, 0.15) is 21.9 Å². The van der Waals surface area contributed by atoms with Crippen molar-refractivity contribution in [3.8, 4) is 0 Å². The highest BCUT2D eigenvalue weighted by molar-refractivity contribution is 9.10. The zero-order chi connectivity index (χ0) is 14.5. The monoisotopic (exact) mass is 337 g/mol. The van der Waals surface area contributed by atoms with Crippen LogP contribution >= 0.6 is 15.9 Å². The lowest BCUT2D eigenvalue weighted by Crippen LogP contribution is -2.24. The second kappa shape index (κ2) is 6.38. The van der Waals surface area contributed by atoms with Crippen molar-refractivity contribution in [3.63, 3.8) is 0 Å². The predicted molar refractivity (Wildman–Crippen MR) is 75.4 cm³/mol. The minimum atomic E-state index is -1.13. The van der Waals surface area contributed by atoms with Crippen molar-refractivity contribution < 1.29 is 19.1 Å². The molecule has 20 heavy (non-hydrogen) atoms. The maximum absolute atomic E-state index is 11.7. The van der Waals surface area contributed by atoms with E-state index in [0.717, 1.165) is 10.0 Å². The Bertz CT molecular complexity index is 618. The van der Waals surface area contributed by atoms with E-state index in [0.29, 0.717) is 5.76 Å². The van der Waals surface area contributed by atoms with Crippen molar-refractivity contribution in [2.24, 2.45) is 0 Å². The van der Waals surface area contributed by atoms with Crippen LogP contribution < -0.4 is 5.32 Å². The van der Waals surface area contributed by atoms with Crippen molar-refractivity contribution in [2.45, 2.75) is 13.0 Å². The van der Waals surface area contributed by atoms with Gasteiger partial charge in [0.1, 0.15) is 5.76 Å². The lowest BCUT2D eigenvalue weighted by Gasteiger charge is -2.03. The van der Waals surface area contributed by atoms with Gasteiger partial charge >= 0.3 is 5.97 Å². The summed E-state index contributed by atoms with van der Waals surface area (Å²) in [7, 11) is 0. The molecule has 1 aromatic carbocycles. The Labute approximate surface area is 123 Å². The first-order chi connectivity index (χ1) is 9.54. The standard InChI is InChI=1S/C14H12BrNO4/c15-10-3-1-9(2-4-10)7-13(17)16-8-11-5-6-12(20-11)14(18)19/h1-6H,7-8H2,(H,16,17)(H,18,19). The highest BCUT2D eigenvalue weighted by Crippen LogP contribution is 2.11. The van der Waals surface area contributed by atoms with E-state index in [1.807, 2.05) is 24.3 Å². The van der Waals surface area contributed by atoms with E-state index < -0.39 is 5.97 Å². The second-order valence-corrected chi connectivity index (χ2v) is 5.07. The Hall–Kier alpha value is -2.08. The molecule has 1 heterocycles. The van der Waals surface area contributed by atoms with E-state index in [2.05, 4.69) is 21.2 Å². The molecule has 0 saturated carbocycles. The number of carboxylic acids is 1. The highest BCUT2D eigenvalue weighted by atomic mass is 79.9. The Morgan fingerprint density at radius 2 is 1.85 bits per heavy atom. The predicted octanol–water partition coefficient (Wildman–Crippen LogP) is 2.60. The number of carboxylic acid groups (broad SMARTS) is 1. The van der Waals surface area contributed by atoms with Gasteiger partial charge in [-0.15, -0.1) is 0 Å². The molecule has 0 aliphatic carbocycles. The van der Waals surface area contributed by atoms with Gasteiger partial charge in [0.25, 0.3) is 0 Å². The fourth-order valence-corrected chi connectivity index (χ4v) is 1.89. The minimum absolute atomic E-state index is 0.137. The summed E-state index contributed by atoms with van der Waals surface area (Å²) in [4.78, 5) is 22.4. The van der Waals surface area contributed by atoms with Crippen molar-refractivity contribution in [1.29, 1.82) is 0 Å². The molecule has 2 rings (SSSR count). The number of halogens is 1. The number of aromatic carboxylic acids is 1. The molecule has 104 valence electrons. The van der Waals surface area contributed by atoms with Crippen LogP contribution in [0.2, 0.25) is 0 Å². The van der Waals surface area contributed by atoms with Gasteiger partial charge in [-0.1, -0.05) is 28.1 Å². The van der Waals surface area contributed by atoms with Gasteiger partial charge in [-0.25, -0.2) is 4.79 Å². The van der Waals surface area contributed by atoms with Crippen molar-refractivity contribution in [3.05, 3.63) is 58.0 Å². The molecule has 0 unspecified atom stereocenters. The van der Waals surface area contributed by atoms with Gasteiger partial charge < -0.3 is 14.8 Å². The van der Waals surface area contributed by atoms with Gasteiger partial charge in [0.05, 0.1) is 13.0 Å². The third-order valence-corrected chi connectivity index (χ3v) is 3.14. The molecule has 2 N–H and O–H groups in total. The van der Waals surface area contributed by atoms with E-state index in [-0.39, 0.29) is 24.6 Å². The Balaban J connectivity index is 1.85. The van der Waals surface area contributed by atoms with E-state index in [4.69, 9.17) is 9.52 Å². The average molecular weight is 338 g/mol. The largest absolute Gasteiger partial charge is 0.475 e. The Kier molecular flexibility index (Phi) is 4.57. The average Bonchev–Trinajstić information content (AvgIpc) is 2.88. The molecule has 0 spiro atoms. The van der Waals surface area contributed by atoms with Gasteiger partial charge in [-0.3, -0.25) is 4.79 Å². The van der Waals surface area contributed by atoms with Gasteiger partial charge in [-0.05, 0) is 29.8 Å². The normalized spacial score (nSPS) is 10.2. The van der Waals surface area contributed by atoms with Gasteiger partial charge in [0, 0.05) is 4.47 Å². The van der Waals surface area contributed by atoms with Crippen LogP contribution in [0.25, 0.3) is 0 Å². The topological polar surface area (TPSA) is 79.5 Å². The first-order valence-corrected chi connectivity index (χ1v) is 6.67. The third-order valence-electron chi connectivity index (χ3n) is 2.61. The summed E-state index contributed by atoms with van der Waals surface area (Å²) in [6.07, 6.45) is 0.264. The first-order valence-electron chi connectivity index (χ1n) is 5.88. The molecule has 1 aromatic heterocycles. The minimum Gasteiger partial charge on any atom is -0.475 e. The highest BCUT2D eigenvalue weighted by Gasteiger charge is 2.10. The third kappa shape index (κ3) is 3.96. The van der Waals surface area contributed by atoms with Gasteiger partial charge in [0.2, 0.25) is 11.7 Å². The zero-order valence-electron chi connectivity index (χ0n) is 10.4. The smallest absolute Gasteiger partial charge is 0.371 e. The number of hydrogen-bond acceptors (Lipinski definition) is 3. The summed E-state index contributed by atoms with van der Waals surface area (Å²) in [5.74, 6) is -1.01. The molecule has 0 bridgehead atoms. The molecule has 0 aliphatic rings. The molecular formula is C14H12BrNO4. The zero-order valence-corrected chi connectivity index (χ0v) is 12.0. The molecule has 5 nitrogen and oxygen atoms in total. The molecule has 0 saturated heterocycles. The summed E-state index contributed by atoms with van der Waals surface area (Å²) < 4.78 is 6.00. The second-order valence-electron chi connectivity index (χ2n) is 4.15. The SMILES string of the molecule is O=C(Cc1ccc(Br)cc1)NCc1ccc(C(=O)O)o1. The Morgan fingerprint density at radius 3 is 2.45 bits per heavy atom. The van der Waals surface area contributed by atoms with E-state index in [1.54, 1.807) is 0 Å². The molecule has 0 atom stereocenters. The van der Waals surface area contributed by atoms with Crippen LogP contribution in [-0.2, 0) is 17.8 Å². The maximum atomic E-state index is 11.7. The molecule has 1 amide bonds. The number of carbonyl (C=O) groups is 2. The summed E-state index contributed by atoms with van der Waals surface area (Å²) in [6.45, 7) is 0.169. The van der Waals surface area contributed by atoms with Crippen molar-refractivity contribution in [1.82, 2.24) is 5.32 Å². The number of carbonyl (C=O) groups excluding carboxylic acids is 1. The lowest BCUT2D eigenvalue weighted by atomic mass is 10.1. The number of rotatable bonds is 5. The fraction of sp³-hybridized carbons (Fsp3) is 0.143.